The molecular weight excluding hydrogens is 296 g/mol. The number of anilines is 2. The second kappa shape index (κ2) is 6.68. The first-order valence-electron chi connectivity index (χ1n) is 8.84. The van der Waals surface area contributed by atoms with E-state index in [4.69, 9.17) is 0 Å². The van der Waals surface area contributed by atoms with Crippen LogP contribution in [-0.4, -0.2) is 19.0 Å². The van der Waals surface area contributed by atoms with E-state index in [9.17, 15) is 4.79 Å². The quantitative estimate of drug-likeness (QED) is 0.788. The predicted octanol–water partition coefficient (Wildman–Crippen LogP) is 4.82. The Morgan fingerprint density at radius 3 is 2.29 bits per heavy atom. The standard InChI is InChI=1S/C21H26N2O/c1-5-22(6-2)19-12-9-17-14-23(21(24)20(17)13-19)18-10-7-16(8-11-18)15(3)4/h7-13,15H,5-6,14H2,1-4H3. The van der Waals surface area contributed by atoms with Crippen LogP contribution in [0.2, 0.25) is 0 Å². The summed E-state index contributed by atoms with van der Waals surface area (Å²) < 4.78 is 0. The molecule has 0 fully saturated rings. The summed E-state index contributed by atoms with van der Waals surface area (Å²) in [4.78, 5) is 17.0. The summed E-state index contributed by atoms with van der Waals surface area (Å²) in [6.45, 7) is 11.2. The number of nitrogens with zero attached hydrogens (tertiary/aromatic N) is 2. The average Bonchev–Trinajstić information content (AvgIpc) is 2.93. The van der Waals surface area contributed by atoms with Gasteiger partial charge < -0.3 is 9.80 Å². The summed E-state index contributed by atoms with van der Waals surface area (Å²) >= 11 is 0. The van der Waals surface area contributed by atoms with Gasteiger partial charge in [0.05, 0.1) is 6.54 Å². The second-order valence-corrected chi connectivity index (χ2v) is 6.65. The number of fused-ring (bicyclic) bond motifs is 1. The minimum Gasteiger partial charge on any atom is -0.372 e. The van der Waals surface area contributed by atoms with E-state index in [0.29, 0.717) is 12.5 Å². The molecule has 0 aromatic heterocycles. The van der Waals surface area contributed by atoms with Crippen LogP contribution >= 0.6 is 0 Å². The molecule has 126 valence electrons. The highest BCUT2D eigenvalue weighted by molar-refractivity contribution is 6.10. The average molecular weight is 322 g/mol. The molecule has 0 spiro atoms. The van der Waals surface area contributed by atoms with Gasteiger partial charge in [-0.05, 0) is 55.2 Å². The van der Waals surface area contributed by atoms with E-state index in [2.05, 4.69) is 69.0 Å². The van der Waals surface area contributed by atoms with E-state index < -0.39 is 0 Å². The van der Waals surface area contributed by atoms with Gasteiger partial charge in [0.15, 0.2) is 0 Å². The van der Waals surface area contributed by atoms with Crippen molar-refractivity contribution in [3.8, 4) is 0 Å². The third-order valence-electron chi connectivity index (χ3n) is 4.90. The molecule has 1 heterocycles. The summed E-state index contributed by atoms with van der Waals surface area (Å²) in [5.74, 6) is 0.610. The second-order valence-electron chi connectivity index (χ2n) is 6.65. The van der Waals surface area contributed by atoms with E-state index in [1.54, 1.807) is 0 Å². The summed E-state index contributed by atoms with van der Waals surface area (Å²) in [7, 11) is 0. The maximum absolute atomic E-state index is 12.9. The molecule has 1 aliphatic heterocycles. The number of hydrogen-bond donors (Lipinski definition) is 0. The first-order chi connectivity index (χ1) is 11.5. The predicted molar refractivity (Wildman–Crippen MR) is 101 cm³/mol. The van der Waals surface area contributed by atoms with Crippen LogP contribution in [-0.2, 0) is 6.54 Å². The van der Waals surface area contributed by atoms with Crippen molar-refractivity contribution in [3.05, 3.63) is 59.2 Å². The molecule has 3 nitrogen and oxygen atoms in total. The van der Waals surface area contributed by atoms with Crippen LogP contribution in [0.3, 0.4) is 0 Å². The molecule has 0 saturated heterocycles. The van der Waals surface area contributed by atoms with Gasteiger partial charge in [-0.1, -0.05) is 32.0 Å². The number of benzene rings is 2. The van der Waals surface area contributed by atoms with Gasteiger partial charge in [-0.3, -0.25) is 4.79 Å². The third kappa shape index (κ3) is 2.91. The molecule has 0 N–H and O–H groups in total. The van der Waals surface area contributed by atoms with Crippen LogP contribution in [0.5, 0.6) is 0 Å². The van der Waals surface area contributed by atoms with Gasteiger partial charge in [0.25, 0.3) is 5.91 Å². The molecule has 0 atom stereocenters. The molecule has 0 unspecified atom stereocenters. The molecule has 0 aliphatic carbocycles. The fourth-order valence-electron chi connectivity index (χ4n) is 3.32. The lowest BCUT2D eigenvalue weighted by Gasteiger charge is -2.21. The molecule has 3 heteroatoms. The van der Waals surface area contributed by atoms with E-state index in [0.717, 1.165) is 35.6 Å². The van der Waals surface area contributed by atoms with Crippen molar-refractivity contribution in [2.75, 3.05) is 22.9 Å². The third-order valence-corrected chi connectivity index (χ3v) is 4.90. The van der Waals surface area contributed by atoms with Crippen molar-refractivity contribution in [3.63, 3.8) is 0 Å². The number of amides is 1. The van der Waals surface area contributed by atoms with Gasteiger partial charge in [0.2, 0.25) is 0 Å². The molecule has 24 heavy (non-hydrogen) atoms. The van der Waals surface area contributed by atoms with Crippen LogP contribution in [0.25, 0.3) is 0 Å². The molecular formula is C21H26N2O. The zero-order valence-corrected chi connectivity index (χ0v) is 15.0. The number of rotatable bonds is 5. The van der Waals surface area contributed by atoms with Crippen molar-refractivity contribution in [1.82, 2.24) is 0 Å². The Hall–Kier alpha value is -2.29. The largest absolute Gasteiger partial charge is 0.372 e. The van der Waals surface area contributed by atoms with Crippen molar-refractivity contribution in [1.29, 1.82) is 0 Å². The Kier molecular flexibility index (Phi) is 4.61. The first-order valence-corrected chi connectivity index (χ1v) is 8.84. The highest BCUT2D eigenvalue weighted by atomic mass is 16.2. The van der Waals surface area contributed by atoms with E-state index in [1.165, 1.54) is 5.56 Å². The normalized spacial score (nSPS) is 13.5. The number of carbonyl (C=O) groups is 1. The SMILES string of the molecule is CCN(CC)c1ccc2c(c1)C(=O)N(c1ccc(C(C)C)cc1)C2. The van der Waals surface area contributed by atoms with Crippen molar-refractivity contribution >= 4 is 17.3 Å². The van der Waals surface area contributed by atoms with Crippen molar-refractivity contribution in [2.24, 2.45) is 0 Å². The van der Waals surface area contributed by atoms with E-state index in [1.807, 2.05) is 11.0 Å². The topological polar surface area (TPSA) is 23.6 Å². The Balaban J connectivity index is 1.88. The maximum Gasteiger partial charge on any atom is 0.259 e. The highest BCUT2D eigenvalue weighted by Gasteiger charge is 2.29. The lowest BCUT2D eigenvalue weighted by Crippen LogP contribution is -2.23. The van der Waals surface area contributed by atoms with Gasteiger partial charge in [-0.2, -0.15) is 0 Å². The molecule has 0 saturated carbocycles. The molecule has 0 radical (unpaired) electrons. The zero-order valence-electron chi connectivity index (χ0n) is 15.0. The van der Waals surface area contributed by atoms with Crippen molar-refractivity contribution in [2.45, 2.75) is 40.2 Å². The zero-order chi connectivity index (χ0) is 17.3. The smallest absolute Gasteiger partial charge is 0.259 e. The summed E-state index contributed by atoms with van der Waals surface area (Å²) in [5, 5.41) is 0. The van der Waals surface area contributed by atoms with Crippen LogP contribution < -0.4 is 9.80 Å². The summed E-state index contributed by atoms with van der Waals surface area (Å²) in [6, 6.07) is 14.6. The van der Waals surface area contributed by atoms with Crippen LogP contribution in [0, 0.1) is 0 Å². The fraction of sp³-hybridized carbons (Fsp3) is 0.381. The Labute approximate surface area is 144 Å². The molecule has 3 rings (SSSR count). The van der Waals surface area contributed by atoms with Crippen LogP contribution in [0.1, 0.15) is 55.1 Å². The minimum absolute atomic E-state index is 0.108. The summed E-state index contributed by atoms with van der Waals surface area (Å²) in [6.07, 6.45) is 0. The molecule has 1 aliphatic rings. The van der Waals surface area contributed by atoms with E-state index >= 15 is 0 Å². The number of carbonyl (C=O) groups excluding carboxylic acids is 1. The Morgan fingerprint density at radius 1 is 1.04 bits per heavy atom. The van der Waals surface area contributed by atoms with Gasteiger partial charge in [-0.15, -0.1) is 0 Å². The maximum atomic E-state index is 12.9. The first kappa shape index (κ1) is 16.6. The van der Waals surface area contributed by atoms with Gasteiger partial charge in [0, 0.05) is 30.0 Å². The van der Waals surface area contributed by atoms with Crippen molar-refractivity contribution < 1.29 is 4.79 Å². The molecule has 2 aromatic carbocycles. The molecule has 2 aromatic rings. The Morgan fingerprint density at radius 2 is 1.71 bits per heavy atom. The van der Waals surface area contributed by atoms with Crippen LogP contribution in [0.15, 0.2) is 42.5 Å². The lowest BCUT2D eigenvalue weighted by atomic mass is 10.0. The van der Waals surface area contributed by atoms with Gasteiger partial charge >= 0.3 is 0 Å². The lowest BCUT2D eigenvalue weighted by molar-refractivity contribution is 0.0996. The van der Waals surface area contributed by atoms with Crippen LogP contribution in [0.4, 0.5) is 11.4 Å². The molecule has 1 amide bonds. The number of hydrogen-bond acceptors (Lipinski definition) is 2. The van der Waals surface area contributed by atoms with E-state index in [-0.39, 0.29) is 5.91 Å². The monoisotopic (exact) mass is 322 g/mol. The highest BCUT2D eigenvalue weighted by Crippen LogP contribution is 2.31. The molecule has 0 bridgehead atoms. The fourth-order valence-corrected chi connectivity index (χ4v) is 3.32. The summed E-state index contributed by atoms with van der Waals surface area (Å²) in [5.41, 5.74) is 5.36. The van der Waals surface area contributed by atoms with Gasteiger partial charge in [0.1, 0.15) is 0 Å². The minimum atomic E-state index is 0.108. The Bertz CT molecular complexity index is 730. The van der Waals surface area contributed by atoms with Gasteiger partial charge in [-0.25, -0.2) is 0 Å².